The molecule has 4 rings (SSSR count). The summed E-state index contributed by atoms with van der Waals surface area (Å²) in [6, 6.07) is 5.56. The minimum atomic E-state index is -0.209. The Hall–Kier alpha value is -3.46. The first-order valence-corrected chi connectivity index (χ1v) is 10.6. The summed E-state index contributed by atoms with van der Waals surface area (Å²) in [7, 11) is 1.71. The number of aryl methyl sites for hydroxylation is 1. The third kappa shape index (κ3) is 4.29. The standard InChI is InChI=1S/C23H27N5O4/c1-14-11-28(16(3)30)8-7-27(14)12-18-10-19-22(32-18)20(13-26(4)23(19)31)17-5-6-24-21(9-17)25-15(2)29/h5-6,9-10,13-14H,7-8,11-12H2,1-4H3,(H,24,25,29). The van der Waals surface area contributed by atoms with Crippen LogP contribution in [0.5, 0.6) is 0 Å². The first-order valence-electron chi connectivity index (χ1n) is 10.6. The lowest BCUT2D eigenvalue weighted by Crippen LogP contribution is -2.52. The van der Waals surface area contributed by atoms with Gasteiger partial charge in [0.25, 0.3) is 5.56 Å². The molecule has 0 radical (unpaired) electrons. The number of amides is 2. The fraction of sp³-hybridized carbons (Fsp3) is 0.391. The van der Waals surface area contributed by atoms with Crippen LogP contribution in [-0.4, -0.2) is 56.8 Å². The maximum atomic E-state index is 12.8. The molecule has 0 spiro atoms. The highest BCUT2D eigenvalue weighted by Gasteiger charge is 2.26. The maximum absolute atomic E-state index is 12.8. The summed E-state index contributed by atoms with van der Waals surface area (Å²) in [6.07, 6.45) is 3.34. The number of nitrogens with one attached hydrogen (secondary N) is 1. The summed E-state index contributed by atoms with van der Waals surface area (Å²) < 4.78 is 7.72. The summed E-state index contributed by atoms with van der Waals surface area (Å²) in [5, 5.41) is 3.19. The van der Waals surface area contributed by atoms with Gasteiger partial charge in [-0.05, 0) is 30.7 Å². The molecule has 32 heavy (non-hydrogen) atoms. The third-order valence-corrected chi connectivity index (χ3v) is 5.85. The molecule has 4 heterocycles. The predicted molar refractivity (Wildman–Crippen MR) is 121 cm³/mol. The lowest BCUT2D eigenvalue weighted by atomic mass is 10.1. The van der Waals surface area contributed by atoms with Crippen molar-refractivity contribution < 1.29 is 14.0 Å². The number of nitrogens with zero attached hydrogens (tertiary/aromatic N) is 4. The number of piperazine rings is 1. The second kappa shape index (κ2) is 8.58. The van der Waals surface area contributed by atoms with Crippen molar-refractivity contribution in [2.24, 2.45) is 7.05 Å². The highest BCUT2D eigenvalue weighted by atomic mass is 16.3. The molecule has 0 aliphatic carbocycles. The van der Waals surface area contributed by atoms with E-state index in [2.05, 4.69) is 22.1 Å². The minimum Gasteiger partial charge on any atom is -0.459 e. The molecular formula is C23H27N5O4. The quantitative estimate of drug-likeness (QED) is 0.672. The van der Waals surface area contributed by atoms with Crippen molar-refractivity contribution in [3.63, 3.8) is 0 Å². The van der Waals surface area contributed by atoms with Crippen LogP contribution in [0, 0.1) is 0 Å². The van der Waals surface area contributed by atoms with Crippen molar-refractivity contribution in [1.29, 1.82) is 0 Å². The number of carbonyl (C=O) groups is 2. The highest BCUT2D eigenvalue weighted by molar-refractivity contribution is 5.93. The Labute approximate surface area is 185 Å². The maximum Gasteiger partial charge on any atom is 0.261 e. The molecule has 0 saturated carbocycles. The zero-order valence-electron chi connectivity index (χ0n) is 18.7. The molecule has 1 aliphatic rings. The molecule has 9 heteroatoms. The van der Waals surface area contributed by atoms with Crippen LogP contribution in [0.3, 0.4) is 0 Å². The molecule has 1 unspecified atom stereocenters. The highest BCUT2D eigenvalue weighted by Crippen LogP contribution is 2.30. The molecule has 0 bridgehead atoms. The molecule has 2 amide bonds. The van der Waals surface area contributed by atoms with Crippen molar-refractivity contribution in [3.8, 4) is 11.1 Å². The SMILES string of the molecule is CC(=O)Nc1cc(-c2cn(C)c(=O)c3cc(CN4CCN(C(C)=O)CC4C)oc23)ccn1. The van der Waals surface area contributed by atoms with Crippen LogP contribution >= 0.6 is 0 Å². The van der Waals surface area contributed by atoms with Crippen molar-refractivity contribution in [3.05, 3.63) is 46.7 Å². The van der Waals surface area contributed by atoms with Crippen LogP contribution in [0.1, 0.15) is 26.5 Å². The number of carbonyl (C=O) groups excluding carboxylic acids is 2. The van der Waals surface area contributed by atoms with Crippen LogP contribution in [-0.2, 0) is 23.2 Å². The Morgan fingerprint density at radius 2 is 2.03 bits per heavy atom. The summed E-state index contributed by atoms with van der Waals surface area (Å²) in [6.45, 7) is 7.75. The topological polar surface area (TPSA) is 101 Å². The molecule has 9 nitrogen and oxygen atoms in total. The van der Waals surface area contributed by atoms with Crippen LogP contribution < -0.4 is 10.9 Å². The number of hydrogen-bond acceptors (Lipinski definition) is 6. The molecule has 3 aromatic heterocycles. The van der Waals surface area contributed by atoms with Crippen molar-refractivity contribution in [2.45, 2.75) is 33.4 Å². The van der Waals surface area contributed by atoms with Gasteiger partial charge < -0.3 is 19.2 Å². The van der Waals surface area contributed by atoms with E-state index in [0.717, 1.165) is 17.7 Å². The second-order valence-electron chi connectivity index (χ2n) is 8.31. The zero-order valence-corrected chi connectivity index (χ0v) is 18.7. The Kier molecular flexibility index (Phi) is 5.84. The molecule has 1 saturated heterocycles. The minimum absolute atomic E-state index is 0.0874. The van der Waals surface area contributed by atoms with Crippen LogP contribution in [0.15, 0.2) is 39.8 Å². The van der Waals surface area contributed by atoms with E-state index in [1.54, 1.807) is 38.5 Å². The molecule has 1 N–H and O–H groups in total. The summed E-state index contributed by atoms with van der Waals surface area (Å²) in [4.78, 5) is 44.1. The lowest BCUT2D eigenvalue weighted by Gasteiger charge is -2.39. The van der Waals surface area contributed by atoms with Crippen molar-refractivity contribution >= 4 is 28.6 Å². The molecule has 0 aromatic carbocycles. The Morgan fingerprint density at radius 3 is 2.72 bits per heavy atom. The first kappa shape index (κ1) is 21.8. The van der Waals surface area contributed by atoms with Crippen molar-refractivity contribution in [2.75, 3.05) is 25.0 Å². The number of hydrogen-bond donors (Lipinski definition) is 1. The van der Waals surface area contributed by atoms with Gasteiger partial charge in [0, 0.05) is 64.5 Å². The lowest BCUT2D eigenvalue weighted by molar-refractivity contribution is -0.131. The summed E-state index contributed by atoms with van der Waals surface area (Å²) in [5.41, 5.74) is 1.91. The zero-order chi connectivity index (χ0) is 23.0. The molecule has 3 aromatic rings. The van der Waals surface area contributed by atoms with Gasteiger partial charge >= 0.3 is 0 Å². The summed E-state index contributed by atoms with van der Waals surface area (Å²) >= 11 is 0. The van der Waals surface area contributed by atoms with E-state index in [4.69, 9.17) is 4.42 Å². The van der Waals surface area contributed by atoms with E-state index < -0.39 is 0 Å². The predicted octanol–water partition coefficient (Wildman–Crippen LogP) is 2.20. The molecule has 1 fully saturated rings. The van der Waals surface area contributed by atoms with Gasteiger partial charge in [0.15, 0.2) is 0 Å². The Balaban J connectivity index is 1.69. The number of aromatic nitrogens is 2. The first-order chi connectivity index (χ1) is 15.2. The number of furan rings is 1. The average molecular weight is 438 g/mol. The second-order valence-corrected chi connectivity index (χ2v) is 8.31. The number of fused-ring (bicyclic) bond motifs is 1. The van der Waals surface area contributed by atoms with E-state index in [1.165, 1.54) is 11.5 Å². The molecular weight excluding hydrogens is 410 g/mol. The van der Waals surface area contributed by atoms with E-state index in [-0.39, 0.29) is 23.4 Å². The van der Waals surface area contributed by atoms with Crippen LogP contribution in [0.2, 0.25) is 0 Å². The Morgan fingerprint density at radius 1 is 1.25 bits per heavy atom. The van der Waals surface area contributed by atoms with Gasteiger partial charge in [-0.3, -0.25) is 19.3 Å². The van der Waals surface area contributed by atoms with Gasteiger partial charge in [-0.1, -0.05) is 0 Å². The monoisotopic (exact) mass is 437 g/mol. The molecule has 1 atom stereocenters. The van der Waals surface area contributed by atoms with Crippen molar-refractivity contribution in [1.82, 2.24) is 19.4 Å². The fourth-order valence-electron chi connectivity index (χ4n) is 4.15. The van der Waals surface area contributed by atoms with E-state index in [0.29, 0.717) is 42.2 Å². The smallest absolute Gasteiger partial charge is 0.261 e. The van der Waals surface area contributed by atoms with Gasteiger partial charge in [0.2, 0.25) is 11.8 Å². The van der Waals surface area contributed by atoms with Gasteiger partial charge in [0.1, 0.15) is 17.2 Å². The van der Waals surface area contributed by atoms with E-state index in [1.807, 2.05) is 11.0 Å². The van der Waals surface area contributed by atoms with Gasteiger partial charge in [-0.15, -0.1) is 0 Å². The van der Waals surface area contributed by atoms with E-state index in [9.17, 15) is 14.4 Å². The van der Waals surface area contributed by atoms with Crippen LogP contribution in [0.25, 0.3) is 22.1 Å². The largest absolute Gasteiger partial charge is 0.459 e. The molecule has 168 valence electrons. The third-order valence-electron chi connectivity index (χ3n) is 5.85. The fourth-order valence-corrected chi connectivity index (χ4v) is 4.15. The van der Waals surface area contributed by atoms with Gasteiger partial charge in [-0.25, -0.2) is 4.98 Å². The van der Waals surface area contributed by atoms with Gasteiger partial charge in [0.05, 0.1) is 11.9 Å². The van der Waals surface area contributed by atoms with Crippen LogP contribution in [0.4, 0.5) is 5.82 Å². The number of pyridine rings is 2. The number of rotatable bonds is 4. The normalized spacial score (nSPS) is 17.0. The summed E-state index contributed by atoms with van der Waals surface area (Å²) in [5.74, 6) is 1.01. The Bertz CT molecular complexity index is 1240. The molecule has 1 aliphatic heterocycles. The average Bonchev–Trinajstić information content (AvgIpc) is 3.16. The van der Waals surface area contributed by atoms with Gasteiger partial charge in [-0.2, -0.15) is 0 Å². The van der Waals surface area contributed by atoms with E-state index >= 15 is 0 Å². The number of anilines is 1.